The molecule has 1 aliphatic rings. The van der Waals surface area contributed by atoms with Gasteiger partial charge in [-0.2, -0.15) is 0 Å². The first kappa shape index (κ1) is 30.9. The number of phenols is 2. The summed E-state index contributed by atoms with van der Waals surface area (Å²) in [5.74, 6) is -4.72. The van der Waals surface area contributed by atoms with Gasteiger partial charge in [-0.1, -0.05) is 5.16 Å². The van der Waals surface area contributed by atoms with Gasteiger partial charge in [-0.3, -0.25) is 35.0 Å². The number of pyridine rings is 1. The van der Waals surface area contributed by atoms with E-state index in [1.165, 1.54) is 50.5 Å². The Hall–Kier alpha value is -5.08. The molecule has 1 aromatic carbocycles. The summed E-state index contributed by atoms with van der Waals surface area (Å²) in [7, 11) is -5.08. The largest absolute Gasteiger partial charge is 0.731 e. The molecular formula is C23H23N8O10S2-. The predicted molar refractivity (Wildman–Crippen MR) is 147 cm³/mol. The Kier molecular flexibility index (Phi) is 8.11. The van der Waals surface area contributed by atoms with Crippen LogP contribution in [0.2, 0.25) is 0 Å². The molecule has 1 unspecified atom stereocenters. The van der Waals surface area contributed by atoms with Crippen molar-refractivity contribution in [3.8, 4) is 11.5 Å². The molecule has 0 aliphatic carbocycles. The Morgan fingerprint density at radius 1 is 1.19 bits per heavy atom. The van der Waals surface area contributed by atoms with Gasteiger partial charge in [-0.25, -0.2) is 17.7 Å². The minimum absolute atomic E-state index is 0.00201. The van der Waals surface area contributed by atoms with Gasteiger partial charge in [0.05, 0.1) is 17.1 Å². The third-order valence-corrected chi connectivity index (χ3v) is 7.75. The number of amides is 4. The number of aromatic nitrogens is 2. The number of nitrogens with two attached hydrogens (primary N) is 1. The summed E-state index contributed by atoms with van der Waals surface area (Å²) in [5, 5.41) is 27.0. The molecule has 2 aromatic heterocycles. The minimum Gasteiger partial charge on any atom is -0.731 e. The number of carbonyl (C=O) groups is 4. The number of nitrogen functional groups attached to an aromatic ring is 1. The second-order valence-corrected chi connectivity index (χ2v) is 11.7. The quantitative estimate of drug-likeness (QED) is 0.0560. The van der Waals surface area contributed by atoms with Crippen molar-refractivity contribution in [1.82, 2.24) is 30.4 Å². The van der Waals surface area contributed by atoms with Gasteiger partial charge in [0, 0.05) is 23.0 Å². The molecule has 0 bridgehead atoms. The monoisotopic (exact) mass is 635 g/mol. The van der Waals surface area contributed by atoms with Crippen LogP contribution >= 0.6 is 11.3 Å². The number of oxime groups is 1. The molecule has 0 saturated carbocycles. The number of phenolic OH excluding ortho intramolecular Hbond substituents is 2. The smallest absolute Gasteiger partial charge is 0.284 e. The van der Waals surface area contributed by atoms with Crippen molar-refractivity contribution < 1.29 is 47.2 Å². The molecule has 20 heteroatoms. The third kappa shape index (κ3) is 6.39. The van der Waals surface area contributed by atoms with Crippen molar-refractivity contribution in [3.63, 3.8) is 0 Å². The van der Waals surface area contributed by atoms with Crippen LogP contribution in [0.1, 0.15) is 36.8 Å². The van der Waals surface area contributed by atoms with Crippen molar-refractivity contribution >= 4 is 67.0 Å². The van der Waals surface area contributed by atoms with Crippen LogP contribution in [0.5, 0.6) is 11.5 Å². The van der Waals surface area contributed by atoms with Gasteiger partial charge >= 0.3 is 0 Å². The van der Waals surface area contributed by atoms with Crippen molar-refractivity contribution in [2.75, 3.05) is 5.73 Å². The summed E-state index contributed by atoms with van der Waals surface area (Å²) < 4.78 is 33.8. The summed E-state index contributed by atoms with van der Waals surface area (Å²) in [6, 6.07) is 1.22. The average Bonchev–Trinajstić information content (AvgIpc) is 3.35. The highest BCUT2D eigenvalue weighted by atomic mass is 32.2. The standard InChI is InChI=1S/C23H24N8O10S2/c1-9-16(20(36)31(9)43(38,39)40)27-19(35)17(13-8-42-22(24)26-13)30-41-23(2,3)21(37)29-28-18(34)11-4-10-5-14(32)15(33)6-12(10)25-7-11/h4-9,16,32-33H,1-3H3,(H2,24,26)(H,27,35)(H,28,34)(H,29,37)(H,38,39,40)/p-1/b30-17+/t9?,16-/m0/s1. The number of hydrogen-bond donors (Lipinski definition) is 6. The van der Waals surface area contributed by atoms with Gasteiger partial charge in [0.25, 0.3) is 23.6 Å². The van der Waals surface area contributed by atoms with E-state index in [1.54, 1.807) is 0 Å². The summed E-state index contributed by atoms with van der Waals surface area (Å²) in [6.45, 7) is 3.74. The van der Waals surface area contributed by atoms with E-state index in [0.29, 0.717) is 10.9 Å². The second-order valence-electron chi connectivity index (χ2n) is 9.56. The maximum atomic E-state index is 13.0. The van der Waals surface area contributed by atoms with Crippen LogP contribution in [0.4, 0.5) is 5.13 Å². The molecule has 4 rings (SSSR count). The van der Waals surface area contributed by atoms with Crippen molar-refractivity contribution in [3.05, 3.63) is 41.0 Å². The van der Waals surface area contributed by atoms with Crippen LogP contribution in [-0.2, 0) is 29.5 Å². The number of rotatable bonds is 8. The fourth-order valence-corrected chi connectivity index (χ4v) is 5.13. The zero-order chi connectivity index (χ0) is 31.9. The summed E-state index contributed by atoms with van der Waals surface area (Å²) in [5.41, 5.74) is 7.80. The van der Waals surface area contributed by atoms with Crippen LogP contribution in [0, 0.1) is 0 Å². The van der Waals surface area contributed by atoms with E-state index >= 15 is 0 Å². The molecule has 1 aliphatic heterocycles. The fourth-order valence-electron chi connectivity index (χ4n) is 3.72. The normalized spacial score (nSPS) is 17.3. The first-order valence-corrected chi connectivity index (χ1v) is 14.2. The topological polar surface area (TPSA) is 279 Å². The molecule has 18 nitrogen and oxygen atoms in total. The summed E-state index contributed by atoms with van der Waals surface area (Å²) in [4.78, 5) is 63.8. The maximum absolute atomic E-state index is 13.0. The Balaban J connectivity index is 1.45. The van der Waals surface area contributed by atoms with E-state index in [4.69, 9.17) is 10.6 Å². The predicted octanol–water partition coefficient (Wildman–Crippen LogP) is -1.18. The number of aromatic hydroxyl groups is 2. The first-order valence-electron chi connectivity index (χ1n) is 12.0. The van der Waals surface area contributed by atoms with Crippen LogP contribution in [0.15, 0.2) is 34.9 Å². The lowest BCUT2D eigenvalue weighted by Gasteiger charge is -2.45. The number of anilines is 1. The van der Waals surface area contributed by atoms with E-state index in [0.717, 1.165) is 11.3 Å². The molecule has 228 valence electrons. The van der Waals surface area contributed by atoms with E-state index in [1.807, 2.05) is 0 Å². The molecule has 2 atom stereocenters. The highest BCUT2D eigenvalue weighted by Crippen LogP contribution is 2.29. The number of fused-ring (bicyclic) bond motifs is 1. The highest BCUT2D eigenvalue weighted by Gasteiger charge is 2.49. The number of hydrogen-bond acceptors (Lipinski definition) is 15. The van der Waals surface area contributed by atoms with Gasteiger partial charge in [0.1, 0.15) is 11.7 Å². The number of β-lactam (4-membered cyclic amide) rings is 1. The lowest BCUT2D eigenvalue weighted by atomic mass is 10.0. The number of nitrogens with zero attached hydrogens (tertiary/aromatic N) is 4. The SMILES string of the molecule is CC1[C@H](NC(=O)/C(=N/OC(C)(C)C(=O)NNC(=O)c2cnc3cc(O)c(O)cc3c2)c2csc(N)n2)C(=O)N1S(=O)(=O)[O-]. The van der Waals surface area contributed by atoms with Crippen LogP contribution in [0.25, 0.3) is 10.9 Å². The number of carbonyl (C=O) groups excluding carboxylic acids is 4. The minimum atomic E-state index is -5.08. The first-order chi connectivity index (χ1) is 20.0. The fraction of sp³-hybridized carbons (Fsp3) is 0.261. The molecule has 0 radical (unpaired) electrons. The molecule has 1 saturated heterocycles. The van der Waals surface area contributed by atoms with E-state index in [9.17, 15) is 42.4 Å². The van der Waals surface area contributed by atoms with Crippen LogP contribution in [-0.4, -0.2) is 84.5 Å². The summed E-state index contributed by atoms with van der Waals surface area (Å²) >= 11 is 0.941. The summed E-state index contributed by atoms with van der Waals surface area (Å²) in [6.07, 6.45) is 1.18. The van der Waals surface area contributed by atoms with Gasteiger partial charge < -0.3 is 30.7 Å². The molecule has 7 N–H and O–H groups in total. The van der Waals surface area contributed by atoms with E-state index < -0.39 is 63.1 Å². The molecule has 4 amide bonds. The number of thiazole rings is 1. The zero-order valence-electron chi connectivity index (χ0n) is 22.4. The van der Waals surface area contributed by atoms with Crippen LogP contribution in [0.3, 0.4) is 0 Å². The highest BCUT2D eigenvalue weighted by molar-refractivity contribution is 7.84. The second kappa shape index (κ2) is 11.3. The lowest BCUT2D eigenvalue weighted by Crippen LogP contribution is -2.71. The van der Waals surface area contributed by atoms with Crippen molar-refractivity contribution in [2.24, 2.45) is 5.16 Å². The Morgan fingerprint density at radius 3 is 2.47 bits per heavy atom. The van der Waals surface area contributed by atoms with Gasteiger partial charge in [0.15, 0.2) is 32.6 Å². The van der Waals surface area contributed by atoms with E-state index in [2.05, 4.69) is 31.3 Å². The van der Waals surface area contributed by atoms with E-state index in [-0.39, 0.29) is 26.4 Å². The molecule has 0 spiro atoms. The van der Waals surface area contributed by atoms with Crippen molar-refractivity contribution in [1.29, 1.82) is 0 Å². The molecular weight excluding hydrogens is 612 g/mol. The Labute approximate surface area is 246 Å². The number of hydrazine groups is 1. The van der Waals surface area contributed by atoms with Crippen LogP contribution < -0.4 is 21.9 Å². The third-order valence-electron chi connectivity index (χ3n) is 6.08. The zero-order valence-corrected chi connectivity index (χ0v) is 24.0. The number of nitrogens with one attached hydrogen (secondary N) is 3. The molecule has 3 heterocycles. The molecule has 3 aromatic rings. The average molecular weight is 636 g/mol. The molecule has 1 fully saturated rings. The Morgan fingerprint density at radius 2 is 1.86 bits per heavy atom. The van der Waals surface area contributed by atoms with Gasteiger partial charge in [-0.15, -0.1) is 11.3 Å². The maximum Gasteiger partial charge on any atom is 0.284 e. The lowest BCUT2D eigenvalue weighted by molar-refractivity contribution is -0.144. The Bertz CT molecular complexity index is 1790. The van der Waals surface area contributed by atoms with Gasteiger partial charge in [0.2, 0.25) is 5.60 Å². The number of benzene rings is 1. The van der Waals surface area contributed by atoms with Gasteiger partial charge in [-0.05, 0) is 32.9 Å². The van der Waals surface area contributed by atoms with Crippen molar-refractivity contribution in [2.45, 2.75) is 38.5 Å². The molecule has 43 heavy (non-hydrogen) atoms.